The lowest BCUT2D eigenvalue weighted by atomic mass is 10.0. The maximum atomic E-state index is 14.0. The Hall–Kier alpha value is -2.99. The minimum atomic E-state index is -0.732. The molecule has 152 valence electrons. The second-order valence-corrected chi connectivity index (χ2v) is 7.49. The summed E-state index contributed by atoms with van der Waals surface area (Å²) in [7, 11) is 5.30. The number of hydrogen-bond acceptors (Lipinski definition) is 3. The number of aldehydes is 1. The van der Waals surface area contributed by atoms with Crippen LogP contribution >= 0.6 is 0 Å². The van der Waals surface area contributed by atoms with Crippen molar-refractivity contribution in [2.24, 2.45) is 0 Å². The molecule has 0 aliphatic heterocycles. The normalized spacial score (nSPS) is 13.4. The number of hydrogen-bond donors (Lipinski definition) is 1. The number of halogens is 1. The maximum absolute atomic E-state index is 14.0. The highest BCUT2D eigenvalue weighted by Crippen LogP contribution is 2.21. The summed E-state index contributed by atoms with van der Waals surface area (Å²) in [5.41, 5.74) is 2.48. The standard InChI is InChI=1S/C23H26FN3O2/c1-26(2)22(13-17-14-25-21-11-7-5-9-19(17)21)23(29)27(3)18(15-28)12-16-8-4-6-10-20(16)24/h4-11,14-15,18,22,25H,12-13H2,1-3H3. The van der Waals surface area contributed by atoms with Crippen LogP contribution in [0.5, 0.6) is 0 Å². The molecular weight excluding hydrogens is 369 g/mol. The highest BCUT2D eigenvalue weighted by molar-refractivity contribution is 5.87. The first-order chi connectivity index (χ1) is 13.9. The molecule has 1 heterocycles. The van der Waals surface area contributed by atoms with Gasteiger partial charge in [-0.15, -0.1) is 0 Å². The van der Waals surface area contributed by atoms with E-state index in [0.29, 0.717) is 18.3 Å². The largest absolute Gasteiger partial charge is 0.361 e. The van der Waals surface area contributed by atoms with E-state index < -0.39 is 12.1 Å². The molecule has 1 N–H and O–H groups in total. The molecule has 6 heteroatoms. The van der Waals surface area contributed by atoms with Crippen molar-refractivity contribution in [2.75, 3.05) is 21.1 Å². The first-order valence-electron chi connectivity index (χ1n) is 9.59. The molecule has 0 aliphatic carbocycles. The number of aromatic nitrogens is 1. The first-order valence-corrected chi connectivity index (χ1v) is 9.59. The summed E-state index contributed by atoms with van der Waals surface area (Å²) in [6.07, 6.45) is 3.28. The Bertz CT molecular complexity index is 998. The Morgan fingerprint density at radius 3 is 2.41 bits per heavy atom. The lowest BCUT2D eigenvalue weighted by molar-refractivity contribution is -0.139. The van der Waals surface area contributed by atoms with Crippen molar-refractivity contribution < 1.29 is 14.0 Å². The van der Waals surface area contributed by atoms with Gasteiger partial charge >= 0.3 is 0 Å². The summed E-state index contributed by atoms with van der Waals surface area (Å²) in [6, 6.07) is 13.1. The number of aromatic amines is 1. The fraction of sp³-hybridized carbons (Fsp3) is 0.304. The van der Waals surface area contributed by atoms with E-state index in [1.165, 1.54) is 11.0 Å². The molecule has 3 aromatic rings. The molecule has 0 fully saturated rings. The molecule has 0 aliphatic rings. The van der Waals surface area contributed by atoms with Gasteiger partial charge in [0.1, 0.15) is 12.1 Å². The number of nitrogens with zero attached hydrogens (tertiary/aromatic N) is 2. The smallest absolute Gasteiger partial charge is 0.240 e. The summed E-state index contributed by atoms with van der Waals surface area (Å²) in [6.45, 7) is 0. The van der Waals surface area contributed by atoms with Crippen molar-refractivity contribution >= 4 is 23.1 Å². The topological polar surface area (TPSA) is 56.4 Å². The highest BCUT2D eigenvalue weighted by Gasteiger charge is 2.29. The van der Waals surface area contributed by atoms with Crippen LogP contribution in [0.25, 0.3) is 10.9 Å². The number of likely N-dealkylation sites (N-methyl/N-ethyl adjacent to an activating group) is 2. The molecule has 1 aromatic heterocycles. The summed E-state index contributed by atoms with van der Waals surface area (Å²) in [5.74, 6) is -0.545. The van der Waals surface area contributed by atoms with E-state index in [1.807, 2.05) is 49.5 Å². The predicted molar refractivity (Wildman–Crippen MR) is 112 cm³/mol. The van der Waals surface area contributed by atoms with Crippen LogP contribution in [0.15, 0.2) is 54.7 Å². The fourth-order valence-corrected chi connectivity index (χ4v) is 3.56. The summed E-state index contributed by atoms with van der Waals surface area (Å²) in [4.78, 5) is 31.5. The van der Waals surface area contributed by atoms with Crippen LogP contribution in [0.4, 0.5) is 4.39 Å². The Morgan fingerprint density at radius 1 is 1.03 bits per heavy atom. The van der Waals surface area contributed by atoms with Gasteiger partial charge in [-0.05, 0) is 43.8 Å². The van der Waals surface area contributed by atoms with Crippen molar-refractivity contribution in [1.82, 2.24) is 14.8 Å². The Labute approximate surface area is 170 Å². The van der Waals surface area contributed by atoms with Crippen LogP contribution in [0.2, 0.25) is 0 Å². The third-order valence-corrected chi connectivity index (χ3v) is 5.39. The number of carbonyl (C=O) groups is 2. The van der Waals surface area contributed by atoms with E-state index in [9.17, 15) is 14.0 Å². The van der Waals surface area contributed by atoms with Gasteiger partial charge in [-0.25, -0.2) is 4.39 Å². The van der Waals surface area contributed by atoms with Gasteiger partial charge in [0.25, 0.3) is 0 Å². The molecule has 2 atom stereocenters. The second kappa shape index (κ2) is 9.01. The minimum absolute atomic E-state index is 0.144. The van der Waals surface area contributed by atoms with E-state index in [4.69, 9.17) is 0 Å². The Kier molecular flexibility index (Phi) is 6.44. The van der Waals surface area contributed by atoms with Crippen LogP contribution in [0.1, 0.15) is 11.1 Å². The molecule has 5 nitrogen and oxygen atoms in total. The van der Waals surface area contributed by atoms with Crippen LogP contribution in [0.3, 0.4) is 0 Å². The van der Waals surface area contributed by atoms with E-state index in [2.05, 4.69) is 4.98 Å². The summed E-state index contributed by atoms with van der Waals surface area (Å²) < 4.78 is 14.0. The van der Waals surface area contributed by atoms with Crippen LogP contribution in [-0.4, -0.2) is 60.2 Å². The summed E-state index contributed by atoms with van der Waals surface area (Å²) in [5, 5.41) is 1.08. The molecule has 0 saturated carbocycles. The zero-order chi connectivity index (χ0) is 21.0. The van der Waals surface area contributed by atoms with Gasteiger partial charge in [-0.2, -0.15) is 0 Å². The number of rotatable bonds is 8. The van der Waals surface area contributed by atoms with E-state index in [0.717, 1.165) is 16.5 Å². The molecule has 2 aromatic carbocycles. The van der Waals surface area contributed by atoms with Gasteiger partial charge < -0.3 is 14.7 Å². The maximum Gasteiger partial charge on any atom is 0.240 e. The molecule has 0 saturated heterocycles. The van der Waals surface area contributed by atoms with Gasteiger partial charge in [0.15, 0.2) is 0 Å². The fourth-order valence-electron chi connectivity index (χ4n) is 3.56. The molecule has 29 heavy (non-hydrogen) atoms. The molecule has 2 unspecified atom stereocenters. The predicted octanol–water partition coefficient (Wildman–Crippen LogP) is 3.05. The highest BCUT2D eigenvalue weighted by atomic mass is 19.1. The second-order valence-electron chi connectivity index (χ2n) is 7.49. The number of nitrogens with one attached hydrogen (secondary N) is 1. The van der Waals surface area contributed by atoms with Gasteiger partial charge in [0.05, 0.1) is 12.1 Å². The average Bonchev–Trinajstić information content (AvgIpc) is 3.13. The number of fused-ring (bicyclic) bond motifs is 1. The Morgan fingerprint density at radius 2 is 1.72 bits per heavy atom. The van der Waals surface area contributed by atoms with Crippen molar-refractivity contribution in [3.05, 3.63) is 71.7 Å². The molecule has 1 amide bonds. The van der Waals surface area contributed by atoms with Crippen LogP contribution < -0.4 is 0 Å². The number of para-hydroxylation sites is 1. The molecule has 0 bridgehead atoms. The number of amides is 1. The minimum Gasteiger partial charge on any atom is -0.361 e. The third-order valence-electron chi connectivity index (χ3n) is 5.39. The number of benzene rings is 2. The molecule has 0 spiro atoms. The third kappa shape index (κ3) is 4.54. The average molecular weight is 395 g/mol. The van der Waals surface area contributed by atoms with Gasteiger partial charge in [0.2, 0.25) is 5.91 Å². The van der Waals surface area contributed by atoms with Crippen LogP contribution in [-0.2, 0) is 22.4 Å². The molecule has 0 radical (unpaired) electrons. The van der Waals surface area contributed by atoms with E-state index in [-0.39, 0.29) is 18.1 Å². The van der Waals surface area contributed by atoms with Crippen molar-refractivity contribution in [2.45, 2.75) is 24.9 Å². The first kappa shape index (κ1) is 20.7. The lowest BCUT2D eigenvalue weighted by Crippen LogP contribution is -2.50. The lowest BCUT2D eigenvalue weighted by Gasteiger charge is -2.31. The Balaban J connectivity index is 1.80. The number of carbonyl (C=O) groups excluding carboxylic acids is 2. The zero-order valence-electron chi connectivity index (χ0n) is 16.9. The monoisotopic (exact) mass is 395 g/mol. The number of H-pyrrole nitrogens is 1. The van der Waals surface area contributed by atoms with Gasteiger partial charge in [0, 0.05) is 30.6 Å². The molecular formula is C23H26FN3O2. The SMILES string of the molecule is CN(C)C(Cc1c[nH]c2ccccc12)C(=O)N(C)C(C=O)Cc1ccccc1F. The van der Waals surface area contributed by atoms with Crippen molar-refractivity contribution in [1.29, 1.82) is 0 Å². The van der Waals surface area contributed by atoms with Crippen molar-refractivity contribution in [3.8, 4) is 0 Å². The van der Waals surface area contributed by atoms with Crippen LogP contribution in [0, 0.1) is 5.82 Å². The van der Waals surface area contributed by atoms with Gasteiger partial charge in [-0.1, -0.05) is 36.4 Å². The van der Waals surface area contributed by atoms with Crippen molar-refractivity contribution in [3.63, 3.8) is 0 Å². The van der Waals surface area contributed by atoms with E-state index in [1.54, 1.807) is 25.2 Å². The zero-order valence-corrected chi connectivity index (χ0v) is 16.9. The molecule has 3 rings (SSSR count). The summed E-state index contributed by atoms with van der Waals surface area (Å²) >= 11 is 0. The van der Waals surface area contributed by atoms with E-state index >= 15 is 0 Å². The van der Waals surface area contributed by atoms with Gasteiger partial charge in [-0.3, -0.25) is 9.69 Å². The quantitative estimate of drug-likeness (QED) is 0.597.